The van der Waals surface area contributed by atoms with Crippen LogP contribution < -0.4 is 5.32 Å². The van der Waals surface area contributed by atoms with Gasteiger partial charge in [0, 0.05) is 24.7 Å². The van der Waals surface area contributed by atoms with E-state index in [9.17, 15) is 26.8 Å². The zero-order chi connectivity index (χ0) is 21.0. The van der Waals surface area contributed by atoms with Crippen LogP contribution in [-0.4, -0.2) is 44.0 Å². The molecule has 29 heavy (non-hydrogen) atoms. The summed E-state index contributed by atoms with van der Waals surface area (Å²) in [6, 6.07) is 8.79. The second-order valence-electron chi connectivity index (χ2n) is 6.90. The molecule has 0 spiro atoms. The van der Waals surface area contributed by atoms with Crippen LogP contribution in [0.1, 0.15) is 28.8 Å². The molecule has 0 aliphatic carbocycles. The summed E-state index contributed by atoms with van der Waals surface area (Å²) in [6.45, 7) is 1.44. The van der Waals surface area contributed by atoms with Crippen LogP contribution in [0.5, 0.6) is 0 Å². The van der Waals surface area contributed by atoms with Crippen molar-refractivity contribution in [1.29, 1.82) is 0 Å². The standard InChI is InChI=1S/C20H20F2N2O4S/c21-16-7-8-18(17(22)11-16)23-19(25)13-29(27,28)12-14-3-5-15(6-4-14)20(26)24-9-1-2-10-24/h3-8,11H,1-2,9-10,12-13H2,(H,23,25). The van der Waals surface area contributed by atoms with E-state index in [1.54, 1.807) is 29.2 Å². The van der Waals surface area contributed by atoms with Crippen molar-refractivity contribution in [2.45, 2.75) is 18.6 Å². The van der Waals surface area contributed by atoms with Crippen molar-refractivity contribution in [3.63, 3.8) is 0 Å². The number of anilines is 1. The fourth-order valence-corrected chi connectivity index (χ4v) is 4.40. The lowest BCUT2D eigenvalue weighted by molar-refractivity contribution is -0.113. The Hall–Kier alpha value is -2.81. The quantitative estimate of drug-likeness (QED) is 0.776. The summed E-state index contributed by atoms with van der Waals surface area (Å²) in [5, 5.41) is 2.12. The maximum Gasteiger partial charge on any atom is 0.253 e. The van der Waals surface area contributed by atoms with E-state index < -0.39 is 38.9 Å². The zero-order valence-electron chi connectivity index (χ0n) is 15.5. The molecule has 3 rings (SSSR count). The monoisotopic (exact) mass is 422 g/mol. The maximum atomic E-state index is 13.6. The molecule has 6 nitrogen and oxygen atoms in total. The molecule has 1 N–H and O–H groups in total. The molecule has 1 fully saturated rings. The summed E-state index contributed by atoms with van der Waals surface area (Å²) in [5.41, 5.74) is 0.623. The van der Waals surface area contributed by atoms with Crippen molar-refractivity contribution in [3.8, 4) is 0 Å². The van der Waals surface area contributed by atoms with E-state index in [-0.39, 0.29) is 11.6 Å². The van der Waals surface area contributed by atoms with Crippen LogP contribution in [0.4, 0.5) is 14.5 Å². The Kier molecular flexibility index (Phi) is 6.26. The molecular formula is C20H20F2N2O4S. The van der Waals surface area contributed by atoms with E-state index >= 15 is 0 Å². The Bertz CT molecular complexity index is 1020. The van der Waals surface area contributed by atoms with Crippen molar-refractivity contribution in [1.82, 2.24) is 4.90 Å². The number of hydrogen-bond donors (Lipinski definition) is 1. The molecule has 2 aromatic rings. The Morgan fingerprint density at radius 2 is 1.66 bits per heavy atom. The molecule has 1 aliphatic heterocycles. The van der Waals surface area contributed by atoms with Gasteiger partial charge in [0.25, 0.3) is 5.91 Å². The SMILES string of the molecule is O=C(CS(=O)(=O)Cc1ccc(C(=O)N2CCCC2)cc1)Nc1ccc(F)cc1F. The molecule has 0 atom stereocenters. The molecule has 0 saturated carbocycles. The number of rotatable bonds is 6. The Morgan fingerprint density at radius 1 is 1.00 bits per heavy atom. The number of nitrogens with one attached hydrogen (secondary N) is 1. The normalized spacial score (nSPS) is 14.1. The number of carbonyl (C=O) groups is 2. The van der Waals surface area contributed by atoms with E-state index in [2.05, 4.69) is 5.32 Å². The second-order valence-corrected chi connectivity index (χ2v) is 8.97. The van der Waals surface area contributed by atoms with Gasteiger partial charge in [-0.2, -0.15) is 0 Å². The van der Waals surface area contributed by atoms with Crippen molar-refractivity contribution in [3.05, 3.63) is 65.2 Å². The average molecular weight is 422 g/mol. The van der Waals surface area contributed by atoms with Crippen LogP contribution >= 0.6 is 0 Å². The van der Waals surface area contributed by atoms with Gasteiger partial charge in [0.1, 0.15) is 17.4 Å². The smallest absolute Gasteiger partial charge is 0.253 e. The van der Waals surface area contributed by atoms with Gasteiger partial charge >= 0.3 is 0 Å². The van der Waals surface area contributed by atoms with Gasteiger partial charge in [-0.3, -0.25) is 9.59 Å². The minimum Gasteiger partial charge on any atom is -0.339 e. The minimum absolute atomic E-state index is 0.0855. The Balaban J connectivity index is 1.59. The molecular weight excluding hydrogens is 402 g/mol. The van der Waals surface area contributed by atoms with Gasteiger partial charge in [-0.05, 0) is 42.7 Å². The van der Waals surface area contributed by atoms with Crippen LogP contribution in [0.15, 0.2) is 42.5 Å². The number of sulfone groups is 1. The highest BCUT2D eigenvalue weighted by molar-refractivity contribution is 7.91. The van der Waals surface area contributed by atoms with E-state index in [1.807, 2.05) is 0 Å². The first-order chi connectivity index (χ1) is 13.7. The van der Waals surface area contributed by atoms with Gasteiger partial charge < -0.3 is 10.2 Å². The van der Waals surface area contributed by atoms with E-state index in [0.29, 0.717) is 17.2 Å². The number of benzene rings is 2. The lowest BCUT2D eigenvalue weighted by atomic mass is 10.1. The summed E-state index contributed by atoms with van der Waals surface area (Å²) in [7, 11) is -3.83. The van der Waals surface area contributed by atoms with Crippen LogP contribution in [0.25, 0.3) is 0 Å². The zero-order valence-corrected chi connectivity index (χ0v) is 16.3. The highest BCUT2D eigenvalue weighted by atomic mass is 32.2. The largest absolute Gasteiger partial charge is 0.339 e. The van der Waals surface area contributed by atoms with Crippen molar-refractivity contribution < 1.29 is 26.8 Å². The minimum atomic E-state index is -3.83. The van der Waals surface area contributed by atoms with Crippen LogP contribution in [0.2, 0.25) is 0 Å². The molecule has 0 unspecified atom stereocenters. The van der Waals surface area contributed by atoms with Gasteiger partial charge in [0.2, 0.25) is 5.91 Å². The molecule has 9 heteroatoms. The number of hydrogen-bond acceptors (Lipinski definition) is 4. The average Bonchev–Trinajstić information content (AvgIpc) is 3.18. The third kappa shape index (κ3) is 5.60. The number of amides is 2. The number of carbonyl (C=O) groups excluding carboxylic acids is 2. The maximum absolute atomic E-state index is 13.6. The molecule has 1 heterocycles. The van der Waals surface area contributed by atoms with Crippen molar-refractivity contribution in [2.75, 3.05) is 24.2 Å². The molecule has 0 radical (unpaired) electrons. The van der Waals surface area contributed by atoms with Gasteiger partial charge in [-0.15, -0.1) is 0 Å². The van der Waals surface area contributed by atoms with Gasteiger partial charge in [-0.25, -0.2) is 17.2 Å². The van der Waals surface area contributed by atoms with Gasteiger partial charge in [-0.1, -0.05) is 12.1 Å². The predicted molar refractivity (Wildman–Crippen MR) is 104 cm³/mol. The number of nitrogens with zero attached hydrogens (tertiary/aromatic N) is 1. The molecule has 2 aromatic carbocycles. The summed E-state index contributed by atoms with van der Waals surface area (Å²) >= 11 is 0. The fraction of sp³-hybridized carbons (Fsp3) is 0.300. The summed E-state index contributed by atoms with van der Waals surface area (Å²) < 4.78 is 51.0. The molecule has 1 aliphatic rings. The first-order valence-corrected chi connectivity index (χ1v) is 10.9. The first-order valence-electron chi connectivity index (χ1n) is 9.07. The Labute approximate surface area is 167 Å². The van der Waals surface area contributed by atoms with E-state index in [4.69, 9.17) is 0 Å². The highest BCUT2D eigenvalue weighted by Gasteiger charge is 2.21. The highest BCUT2D eigenvalue weighted by Crippen LogP contribution is 2.17. The summed E-state index contributed by atoms with van der Waals surface area (Å²) in [5.74, 6) is -4.05. The lowest BCUT2D eigenvalue weighted by Gasteiger charge is -2.15. The van der Waals surface area contributed by atoms with Crippen LogP contribution in [0.3, 0.4) is 0 Å². The first kappa shape index (κ1) is 20.9. The second kappa shape index (κ2) is 8.69. The molecule has 2 amide bonds. The molecule has 1 saturated heterocycles. The van der Waals surface area contributed by atoms with Gasteiger partial charge in [0.15, 0.2) is 9.84 Å². The third-order valence-electron chi connectivity index (χ3n) is 4.54. The van der Waals surface area contributed by atoms with E-state index in [0.717, 1.165) is 38.1 Å². The third-order valence-corrected chi connectivity index (χ3v) is 6.01. The number of likely N-dealkylation sites (tertiary alicyclic amines) is 1. The van der Waals surface area contributed by atoms with E-state index in [1.165, 1.54) is 0 Å². The predicted octanol–water partition coefficient (Wildman–Crippen LogP) is 2.75. The number of halogens is 2. The van der Waals surface area contributed by atoms with Crippen LogP contribution in [-0.2, 0) is 20.4 Å². The van der Waals surface area contributed by atoms with Gasteiger partial charge in [0.05, 0.1) is 11.4 Å². The lowest BCUT2D eigenvalue weighted by Crippen LogP contribution is -2.27. The fourth-order valence-electron chi connectivity index (χ4n) is 3.13. The summed E-state index contributed by atoms with van der Waals surface area (Å²) in [4.78, 5) is 26.0. The molecule has 0 bridgehead atoms. The van der Waals surface area contributed by atoms with Crippen LogP contribution in [0, 0.1) is 11.6 Å². The molecule has 154 valence electrons. The summed E-state index contributed by atoms with van der Waals surface area (Å²) in [6.07, 6.45) is 1.96. The molecule has 0 aromatic heterocycles. The Morgan fingerprint density at radius 3 is 2.28 bits per heavy atom. The van der Waals surface area contributed by atoms with Crippen molar-refractivity contribution in [2.24, 2.45) is 0 Å². The van der Waals surface area contributed by atoms with Crippen molar-refractivity contribution >= 4 is 27.3 Å². The topological polar surface area (TPSA) is 83.5 Å².